The number of anilines is 1. The summed E-state index contributed by atoms with van der Waals surface area (Å²) in [6, 6.07) is 12.0. The van der Waals surface area contributed by atoms with E-state index < -0.39 is 24.0 Å². The van der Waals surface area contributed by atoms with Gasteiger partial charge in [0.15, 0.2) is 0 Å². The van der Waals surface area contributed by atoms with Crippen molar-refractivity contribution in [2.45, 2.75) is 25.6 Å². The summed E-state index contributed by atoms with van der Waals surface area (Å²) in [6.07, 6.45) is -4.29. The first-order valence-electron chi connectivity index (χ1n) is 7.65. The Hall–Kier alpha value is -2.83. The number of rotatable bonds is 3. The zero-order valence-electron chi connectivity index (χ0n) is 13.3. The van der Waals surface area contributed by atoms with Crippen LogP contribution in [0.4, 0.5) is 18.9 Å². The number of carbonyl (C=O) groups is 2. The van der Waals surface area contributed by atoms with Gasteiger partial charge in [0.05, 0.1) is 0 Å². The minimum absolute atomic E-state index is 0.477. The number of alkyl halides is 3. The minimum Gasteiger partial charge on any atom is -0.337 e. The average Bonchev–Trinajstić information content (AvgIpc) is 2.91. The van der Waals surface area contributed by atoms with Crippen molar-refractivity contribution in [2.75, 3.05) is 5.32 Å². The van der Waals surface area contributed by atoms with Gasteiger partial charge in [-0.2, -0.15) is 13.2 Å². The number of amides is 2. The molecule has 2 aromatic rings. The highest BCUT2D eigenvalue weighted by Crippen LogP contribution is 2.37. The van der Waals surface area contributed by atoms with Gasteiger partial charge in [-0.1, -0.05) is 30.3 Å². The third-order valence-corrected chi connectivity index (χ3v) is 4.06. The average molecular weight is 348 g/mol. The molecule has 2 N–H and O–H groups in total. The van der Waals surface area contributed by atoms with Gasteiger partial charge in [0.2, 0.25) is 5.91 Å². The van der Waals surface area contributed by atoms with Gasteiger partial charge in [0.25, 0.3) is 0 Å². The SMILES string of the molecule is C[C@@H](NC(=O)C(F)(F)F)C(=O)Nc1ccc2c(c1)Cc1ccccc1-2. The van der Waals surface area contributed by atoms with Gasteiger partial charge >= 0.3 is 12.1 Å². The molecule has 7 heteroatoms. The Morgan fingerprint density at radius 2 is 1.72 bits per heavy atom. The molecule has 0 radical (unpaired) electrons. The number of hydrogen-bond donors (Lipinski definition) is 2. The first-order valence-corrected chi connectivity index (χ1v) is 7.65. The third-order valence-electron chi connectivity index (χ3n) is 4.06. The summed E-state index contributed by atoms with van der Waals surface area (Å²) in [4.78, 5) is 22.9. The lowest BCUT2D eigenvalue weighted by atomic mass is 10.1. The molecule has 0 saturated carbocycles. The number of fused-ring (bicyclic) bond motifs is 3. The van der Waals surface area contributed by atoms with Crippen molar-refractivity contribution < 1.29 is 22.8 Å². The highest BCUT2D eigenvalue weighted by atomic mass is 19.4. The molecule has 1 atom stereocenters. The highest BCUT2D eigenvalue weighted by molar-refractivity contribution is 5.98. The summed E-state index contributed by atoms with van der Waals surface area (Å²) in [5, 5.41) is 4.16. The largest absolute Gasteiger partial charge is 0.471 e. The van der Waals surface area contributed by atoms with Crippen LogP contribution < -0.4 is 10.6 Å². The fraction of sp³-hybridized carbons (Fsp3) is 0.222. The quantitative estimate of drug-likeness (QED) is 0.763. The molecule has 2 amide bonds. The summed E-state index contributed by atoms with van der Waals surface area (Å²) in [5.74, 6) is -2.85. The molecule has 0 heterocycles. The molecule has 25 heavy (non-hydrogen) atoms. The first kappa shape index (κ1) is 17.0. The molecule has 2 aromatic carbocycles. The Morgan fingerprint density at radius 1 is 1.04 bits per heavy atom. The van der Waals surface area contributed by atoms with E-state index in [0.717, 1.165) is 23.1 Å². The smallest absolute Gasteiger partial charge is 0.337 e. The van der Waals surface area contributed by atoms with E-state index in [4.69, 9.17) is 0 Å². The van der Waals surface area contributed by atoms with Crippen LogP contribution in [0.2, 0.25) is 0 Å². The van der Waals surface area contributed by atoms with Crippen LogP contribution in [0.25, 0.3) is 11.1 Å². The normalized spacial score (nSPS) is 13.6. The number of halogens is 3. The van der Waals surface area contributed by atoms with Crippen LogP contribution in [0.3, 0.4) is 0 Å². The highest BCUT2D eigenvalue weighted by Gasteiger charge is 2.40. The molecule has 0 aromatic heterocycles. The van der Waals surface area contributed by atoms with Crippen molar-refractivity contribution in [1.82, 2.24) is 5.32 Å². The van der Waals surface area contributed by atoms with E-state index in [1.807, 2.05) is 30.3 Å². The Balaban J connectivity index is 1.69. The van der Waals surface area contributed by atoms with Crippen molar-refractivity contribution in [2.24, 2.45) is 0 Å². The Bertz CT molecular complexity index is 846. The fourth-order valence-electron chi connectivity index (χ4n) is 2.82. The molecule has 1 aliphatic carbocycles. The van der Waals surface area contributed by atoms with Gasteiger partial charge in [0.1, 0.15) is 6.04 Å². The van der Waals surface area contributed by atoms with E-state index in [2.05, 4.69) is 5.32 Å². The molecule has 0 bridgehead atoms. The predicted octanol–water partition coefficient (Wildman–Crippen LogP) is 3.26. The lowest BCUT2D eigenvalue weighted by molar-refractivity contribution is -0.174. The molecule has 0 saturated heterocycles. The second-order valence-electron chi connectivity index (χ2n) is 5.89. The van der Waals surface area contributed by atoms with Crippen LogP contribution in [0, 0.1) is 0 Å². The van der Waals surface area contributed by atoms with Crippen LogP contribution in [0.15, 0.2) is 42.5 Å². The van der Waals surface area contributed by atoms with Crippen LogP contribution in [-0.4, -0.2) is 24.0 Å². The number of benzene rings is 2. The molecule has 3 rings (SSSR count). The lowest BCUT2D eigenvalue weighted by Gasteiger charge is -2.15. The van der Waals surface area contributed by atoms with Crippen LogP contribution >= 0.6 is 0 Å². The van der Waals surface area contributed by atoms with E-state index in [1.54, 1.807) is 17.4 Å². The Kier molecular flexibility index (Phi) is 4.24. The van der Waals surface area contributed by atoms with Crippen molar-refractivity contribution in [1.29, 1.82) is 0 Å². The predicted molar refractivity (Wildman–Crippen MR) is 87.0 cm³/mol. The van der Waals surface area contributed by atoms with Crippen molar-refractivity contribution in [3.63, 3.8) is 0 Å². The zero-order chi connectivity index (χ0) is 18.2. The van der Waals surface area contributed by atoms with Gasteiger partial charge in [-0.25, -0.2) is 0 Å². The maximum Gasteiger partial charge on any atom is 0.471 e. The summed E-state index contributed by atoms with van der Waals surface area (Å²) in [7, 11) is 0. The fourth-order valence-corrected chi connectivity index (χ4v) is 2.82. The minimum atomic E-state index is -5.02. The van der Waals surface area contributed by atoms with Crippen molar-refractivity contribution in [3.8, 4) is 11.1 Å². The van der Waals surface area contributed by atoms with Crippen molar-refractivity contribution in [3.05, 3.63) is 53.6 Å². The van der Waals surface area contributed by atoms with E-state index in [9.17, 15) is 22.8 Å². The van der Waals surface area contributed by atoms with Gasteiger partial charge in [0, 0.05) is 5.69 Å². The molecule has 0 fully saturated rings. The van der Waals surface area contributed by atoms with E-state index in [1.165, 1.54) is 12.5 Å². The monoisotopic (exact) mass is 348 g/mol. The second kappa shape index (κ2) is 6.23. The van der Waals surface area contributed by atoms with E-state index >= 15 is 0 Å². The van der Waals surface area contributed by atoms with Crippen LogP contribution in [-0.2, 0) is 16.0 Å². The zero-order valence-corrected chi connectivity index (χ0v) is 13.3. The summed E-state index contributed by atoms with van der Waals surface area (Å²) < 4.78 is 36.7. The van der Waals surface area contributed by atoms with Gasteiger partial charge in [-0.15, -0.1) is 0 Å². The van der Waals surface area contributed by atoms with Crippen LogP contribution in [0.5, 0.6) is 0 Å². The van der Waals surface area contributed by atoms with E-state index in [0.29, 0.717) is 5.69 Å². The maximum atomic E-state index is 12.2. The standard InChI is InChI=1S/C18H15F3N2O2/c1-10(22-17(25)18(19,20)21)16(24)23-13-6-7-15-12(9-13)8-11-4-2-3-5-14(11)15/h2-7,9-10H,8H2,1H3,(H,22,25)(H,23,24)/t10-/m1/s1. The molecule has 130 valence electrons. The molecule has 1 aliphatic rings. The third kappa shape index (κ3) is 3.50. The number of carbonyl (C=O) groups excluding carboxylic acids is 2. The molecule has 0 unspecified atom stereocenters. The second-order valence-corrected chi connectivity index (χ2v) is 5.89. The number of hydrogen-bond acceptors (Lipinski definition) is 2. The van der Waals surface area contributed by atoms with E-state index in [-0.39, 0.29) is 0 Å². The lowest BCUT2D eigenvalue weighted by Crippen LogP contribution is -2.47. The first-order chi connectivity index (χ1) is 11.8. The Labute approximate surface area is 142 Å². The summed E-state index contributed by atoms with van der Waals surface area (Å²) in [5.41, 5.74) is 4.91. The maximum absolute atomic E-state index is 12.2. The topological polar surface area (TPSA) is 58.2 Å². The van der Waals surface area contributed by atoms with Crippen molar-refractivity contribution >= 4 is 17.5 Å². The Morgan fingerprint density at radius 3 is 2.44 bits per heavy atom. The molecular formula is C18H15F3N2O2. The van der Waals surface area contributed by atoms with Gasteiger partial charge in [-0.3, -0.25) is 9.59 Å². The molecule has 0 aliphatic heterocycles. The molecular weight excluding hydrogens is 333 g/mol. The molecule has 0 spiro atoms. The summed E-state index contributed by atoms with van der Waals surface area (Å²) >= 11 is 0. The van der Waals surface area contributed by atoms with Gasteiger partial charge in [-0.05, 0) is 47.7 Å². The van der Waals surface area contributed by atoms with Gasteiger partial charge < -0.3 is 10.6 Å². The van der Waals surface area contributed by atoms with Crippen LogP contribution in [0.1, 0.15) is 18.1 Å². The summed E-state index contributed by atoms with van der Waals surface area (Å²) in [6.45, 7) is 1.20. The molecule has 4 nitrogen and oxygen atoms in total. The number of nitrogens with one attached hydrogen (secondary N) is 2.